The van der Waals surface area contributed by atoms with Gasteiger partial charge in [-0.1, -0.05) is 6.92 Å². The predicted octanol–water partition coefficient (Wildman–Crippen LogP) is 0.661. The minimum atomic E-state index is -4.42. The number of carbonyl (C=O) groups excluding carboxylic acids is 1. The van der Waals surface area contributed by atoms with Crippen molar-refractivity contribution < 1.29 is 18.0 Å². The molecule has 0 bridgehead atoms. The van der Waals surface area contributed by atoms with E-state index in [4.69, 9.17) is 5.84 Å². The third-order valence-corrected chi connectivity index (χ3v) is 0.972. The number of amides is 1. The Bertz CT molecular complexity index is 145. The second-order valence-electron chi connectivity index (χ2n) is 1.99. The van der Waals surface area contributed by atoms with Crippen molar-refractivity contribution in [3.8, 4) is 0 Å². The number of carbonyl (C=O) groups is 1. The summed E-state index contributed by atoms with van der Waals surface area (Å²) in [5, 5.41) is 0.167. The van der Waals surface area contributed by atoms with Crippen LogP contribution in [0.15, 0.2) is 0 Å². The van der Waals surface area contributed by atoms with E-state index in [1.165, 1.54) is 6.92 Å². The van der Waals surface area contributed by atoms with Crippen LogP contribution in [0.25, 0.3) is 0 Å². The molecule has 0 aliphatic heterocycles. The van der Waals surface area contributed by atoms with E-state index in [2.05, 4.69) is 0 Å². The topological polar surface area (TPSA) is 46.3 Å². The van der Waals surface area contributed by atoms with Crippen LogP contribution in [0.2, 0.25) is 0 Å². The molecule has 66 valence electrons. The van der Waals surface area contributed by atoms with Crippen LogP contribution in [0.3, 0.4) is 0 Å². The van der Waals surface area contributed by atoms with E-state index in [1.54, 1.807) is 0 Å². The Balaban J connectivity index is 3.87. The quantitative estimate of drug-likeness (QED) is 0.376. The Hall–Kier alpha value is -0.780. The highest BCUT2D eigenvalue weighted by Gasteiger charge is 2.31. The number of halogens is 3. The smallest absolute Gasteiger partial charge is 0.273 e. The van der Waals surface area contributed by atoms with Crippen molar-refractivity contribution in [1.29, 1.82) is 0 Å². The van der Waals surface area contributed by atoms with Crippen molar-refractivity contribution in [3.05, 3.63) is 0 Å². The lowest BCUT2D eigenvalue weighted by molar-refractivity contribution is -0.161. The highest BCUT2D eigenvalue weighted by Crippen LogP contribution is 2.14. The van der Waals surface area contributed by atoms with E-state index in [9.17, 15) is 18.0 Å². The van der Waals surface area contributed by atoms with Crippen LogP contribution >= 0.6 is 0 Å². The molecule has 0 aliphatic rings. The van der Waals surface area contributed by atoms with Crippen LogP contribution in [-0.4, -0.2) is 23.6 Å². The van der Waals surface area contributed by atoms with Gasteiger partial charge in [0.15, 0.2) is 0 Å². The fraction of sp³-hybridized carbons (Fsp3) is 0.800. The van der Waals surface area contributed by atoms with Gasteiger partial charge in [0.2, 0.25) is 5.91 Å². The van der Waals surface area contributed by atoms with Gasteiger partial charge in [-0.25, -0.2) is 5.84 Å². The molecule has 1 amide bonds. The van der Waals surface area contributed by atoms with Crippen LogP contribution < -0.4 is 5.84 Å². The lowest BCUT2D eigenvalue weighted by atomic mass is 10.4. The summed E-state index contributed by atoms with van der Waals surface area (Å²) >= 11 is 0. The van der Waals surface area contributed by atoms with E-state index >= 15 is 0 Å². The summed E-state index contributed by atoms with van der Waals surface area (Å²) in [5.41, 5.74) is 0. The van der Waals surface area contributed by atoms with Gasteiger partial charge in [-0.15, -0.1) is 0 Å². The van der Waals surface area contributed by atoms with Gasteiger partial charge in [0, 0.05) is 6.42 Å². The molecule has 0 aromatic heterocycles. The molecular formula is C5H9F3N2O. The van der Waals surface area contributed by atoms with Gasteiger partial charge in [0.1, 0.15) is 6.54 Å². The maximum atomic E-state index is 11.5. The fourth-order valence-corrected chi connectivity index (χ4v) is 0.484. The molecule has 0 saturated carbocycles. The molecule has 0 unspecified atom stereocenters. The molecule has 0 aromatic rings. The van der Waals surface area contributed by atoms with Crippen molar-refractivity contribution in [1.82, 2.24) is 5.01 Å². The molecule has 0 atom stereocenters. The average Bonchev–Trinajstić information content (AvgIpc) is 1.82. The first-order valence-electron chi connectivity index (χ1n) is 2.98. The van der Waals surface area contributed by atoms with E-state index in [0.717, 1.165) is 0 Å². The second kappa shape index (κ2) is 3.56. The van der Waals surface area contributed by atoms with Gasteiger partial charge in [-0.05, 0) is 0 Å². The minimum absolute atomic E-state index is 0.0213. The van der Waals surface area contributed by atoms with Gasteiger partial charge < -0.3 is 0 Å². The van der Waals surface area contributed by atoms with Gasteiger partial charge in [0.05, 0.1) is 0 Å². The van der Waals surface area contributed by atoms with Crippen molar-refractivity contribution in [2.24, 2.45) is 5.84 Å². The Kier molecular flexibility index (Phi) is 3.31. The molecule has 0 spiro atoms. The molecule has 0 saturated heterocycles. The summed E-state index contributed by atoms with van der Waals surface area (Å²) < 4.78 is 34.6. The first-order chi connectivity index (χ1) is 4.87. The summed E-state index contributed by atoms with van der Waals surface area (Å²) in [6.45, 7) is 0.0538. The van der Waals surface area contributed by atoms with E-state index < -0.39 is 18.6 Å². The summed E-state index contributed by atoms with van der Waals surface area (Å²) in [4.78, 5) is 10.5. The van der Waals surface area contributed by atoms with Crippen molar-refractivity contribution >= 4 is 5.91 Å². The number of hydrogen-bond acceptors (Lipinski definition) is 2. The molecule has 0 heterocycles. The third-order valence-electron chi connectivity index (χ3n) is 0.972. The highest BCUT2D eigenvalue weighted by atomic mass is 19.4. The summed E-state index contributed by atoms with van der Waals surface area (Å²) in [6.07, 6.45) is -4.44. The largest absolute Gasteiger partial charge is 0.407 e. The molecule has 11 heavy (non-hydrogen) atoms. The van der Waals surface area contributed by atoms with Gasteiger partial charge in [-0.2, -0.15) is 13.2 Å². The molecule has 0 fully saturated rings. The van der Waals surface area contributed by atoms with E-state index in [0.29, 0.717) is 0 Å². The van der Waals surface area contributed by atoms with Crippen molar-refractivity contribution in [2.75, 3.05) is 6.54 Å². The maximum Gasteiger partial charge on any atom is 0.407 e. The highest BCUT2D eigenvalue weighted by molar-refractivity contribution is 5.75. The molecule has 2 N–H and O–H groups in total. The number of hydrazine groups is 1. The predicted molar refractivity (Wildman–Crippen MR) is 32.2 cm³/mol. The Morgan fingerprint density at radius 1 is 1.55 bits per heavy atom. The lowest BCUT2D eigenvalue weighted by Crippen LogP contribution is -2.43. The second-order valence-corrected chi connectivity index (χ2v) is 1.99. The fourth-order valence-electron chi connectivity index (χ4n) is 0.484. The van der Waals surface area contributed by atoms with E-state index in [-0.39, 0.29) is 11.4 Å². The van der Waals surface area contributed by atoms with Crippen LogP contribution in [0.5, 0.6) is 0 Å². The molecular weight excluding hydrogens is 161 g/mol. The third kappa shape index (κ3) is 4.60. The number of rotatable bonds is 2. The first kappa shape index (κ1) is 10.2. The maximum absolute atomic E-state index is 11.5. The zero-order chi connectivity index (χ0) is 9.07. The molecule has 6 heteroatoms. The van der Waals surface area contributed by atoms with Gasteiger partial charge in [0.25, 0.3) is 0 Å². The van der Waals surface area contributed by atoms with Crippen LogP contribution in [-0.2, 0) is 4.79 Å². The minimum Gasteiger partial charge on any atom is -0.273 e. The monoisotopic (exact) mass is 170 g/mol. The summed E-state index contributed by atoms with van der Waals surface area (Å²) in [6, 6.07) is 0. The van der Waals surface area contributed by atoms with Crippen LogP contribution in [0.1, 0.15) is 13.3 Å². The first-order valence-corrected chi connectivity index (χ1v) is 2.98. The van der Waals surface area contributed by atoms with Crippen LogP contribution in [0, 0.1) is 0 Å². The molecule has 0 rings (SSSR count). The summed E-state index contributed by atoms with van der Waals surface area (Å²) in [5.74, 6) is 4.06. The standard InChI is InChI=1S/C5H9F3N2O/c1-2-4(11)10(9)3-5(6,7)8/h2-3,9H2,1H3. The Morgan fingerprint density at radius 2 is 2.00 bits per heavy atom. The van der Waals surface area contributed by atoms with Crippen molar-refractivity contribution in [3.63, 3.8) is 0 Å². The molecule has 0 aromatic carbocycles. The molecule has 0 radical (unpaired) electrons. The zero-order valence-electron chi connectivity index (χ0n) is 5.98. The van der Waals surface area contributed by atoms with E-state index in [1.807, 2.05) is 0 Å². The molecule has 3 nitrogen and oxygen atoms in total. The average molecular weight is 170 g/mol. The Morgan fingerprint density at radius 3 is 2.27 bits per heavy atom. The lowest BCUT2D eigenvalue weighted by Gasteiger charge is -2.17. The summed E-state index contributed by atoms with van der Waals surface area (Å²) in [7, 11) is 0. The van der Waals surface area contributed by atoms with Gasteiger partial charge >= 0.3 is 6.18 Å². The number of hydrogen-bond donors (Lipinski definition) is 1. The van der Waals surface area contributed by atoms with Crippen molar-refractivity contribution in [2.45, 2.75) is 19.5 Å². The normalized spacial score (nSPS) is 11.4. The SMILES string of the molecule is CCC(=O)N(N)CC(F)(F)F. The number of nitrogens with two attached hydrogens (primary N) is 1. The molecule has 0 aliphatic carbocycles. The van der Waals surface area contributed by atoms with Gasteiger partial charge in [-0.3, -0.25) is 9.80 Å². The zero-order valence-corrected chi connectivity index (χ0v) is 5.98. The number of nitrogens with zero attached hydrogens (tertiary/aromatic N) is 1. The van der Waals surface area contributed by atoms with Crippen LogP contribution in [0.4, 0.5) is 13.2 Å². The number of alkyl halides is 3. The Labute approximate surface area is 61.9 Å².